The van der Waals surface area contributed by atoms with Gasteiger partial charge in [0.15, 0.2) is 0 Å². The Balaban J connectivity index is 2.58. The maximum atomic E-state index is 12.0. The maximum absolute atomic E-state index is 12.0. The van der Waals surface area contributed by atoms with Crippen LogP contribution >= 0.6 is 0 Å². The predicted molar refractivity (Wildman–Crippen MR) is 66.5 cm³/mol. The van der Waals surface area contributed by atoms with Crippen molar-refractivity contribution >= 4 is 10.2 Å². The summed E-state index contributed by atoms with van der Waals surface area (Å²) in [7, 11) is -3.39. The van der Waals surface area contributed by atoms with Crippen LogP contribution in [-0.2, 0) is 16.8 Å². The molecule has 7 heteroatoms. The molecular weight excluding hydrogens is 240 g/mol. The number of hydrogen-bond donors (Lipinski definition) is 2. The number of aromatic amines is 1. The van der Waals surface area contributed by atoms with Crippen molar-refractivity contribution in [3.8, 4) is 0 Å². The minimum atomic E-state index is -3.39. The second-order valence-corrected chi connectivity index (χ2v) is 5.56. The Hall–Kier alpha value is -0.920. The van der Waals surface area contributed by atoms with E-state index in [1.54, 1.807) is 6.20 Å². The zero-order valence-electron chi connectivity index (χ0n) is 10.3. The first-order valence-corrected chi connectivity index (χ1v) is 7.26. The number of imidazole rings is 1. The number of nitrogens with one attached hydrogen (secondary N) is 2. The molecule has 1 heterocycles. The molecule has 0 saturated heterocycles. The summed E-state index contributed by atoms with van der Waals surface area (Å²) < 4.78 is 28.0. The Morgan fingerprint density at radius 1 is 1.35 bits per heavy atom. The average Bonchev–Trinajstić information content (AvgIpc) is 2.79. The zero-order valence-corrected chi connectivity index (χ0v) is 11.1. The van der Waals surface area contributed by atoms with Crippen LogP contribution in [0.15, 0.2) is 12.5 Å². The molecule has 0 aliphatic carbocycles. The molecule has 1 aromatic rings. The molecule has 0 aromatic carbocycles. The third-order valence-corrected chi connectivity index (χ3v) is 3.84. The smallest absolute Gasteiger partial charge is 0.279 e. The minimum Gasteiger partial charge on any atom is -0.347 e. The van der Waals surface area contributed by atoms with Gasteiger partial charge in [-0.05, 0) is 12.8 Å². The molecule has 0 spiro atoms. The molecule has 0 radical (unpaired) electrons. The van der Waals surface area contributed by atoms with E-state index >= 15 is 0 Å². The van der Waals surface area contributed by atoms with Gasteiger partial charge in [-0.2, -0.15) is 17.4 Å². The highest BCUT2D eigenvalue weighted by Crippen LogP contribution is 2.02. The van der Waals surface area contributed by atoms with Crippen molar-refractivity contribution < 1.29 is 8.42 Å². The van der Waals surface area contributed by atoms with Gasteiger partial charge in [-0.1, -0.05) is 13.8 Å². The molecule has 2 N–H and O–H groups in total. The number of aromatic nitrogens is 2. The molecule has 6 nitrogen and oxygen atoms in total. The Kier molecular flexibility index (Phi) is 5.60. The lowest BCUT2D eigenvalue weighted by Crippen LogP contribution is -2.41. The average molecular weight is 260 g/mol. The fourth-order valence-corrected chi connectivity index (χ4v) is 2.86. The monoisotopic (exact) mass is 260 g/mol. The van der Waals surface area contributed by atoms with Gasteiger partial charge in [-0.15, -0.1) is 0 Å². The maximum Gasteiger partial charge on any atom is 0.279 e. The molecule has 0 amide bonds. The molecular formula is C10H20N4O2S. The second kappa shape index (κ2) is 6.73. The number of nitrogens with zero attached hydrogens (tertiary/aromatic N) is 2. The highest BCUT2D eigenvalue weighted by atomic mass is 32.2. The molecule has 0 saturated carbocycles. The first kappa shape index (κ1) is 14.1. The lowest BCUT2D eigenvalue weighted by atomic mass is 10.4. The number of H-pyrrole nitrogens is 1. The Bertz CT molecular complexity index is 396. The molecule has 17 heavy (non-hydrogen) atoms. The second-order valence-electron chi connectivity index (χ2n) is 3.80. The topological polar surface area (TPSA) is 78.1 Å². The van der Waals surface area contributed by atoms with Crippen molar-refractivity contribution in [2.24, 2.45) is 0 Å². The van der Waals surface area contributed by atoms with E-state index in [1.165, 1.54) is 10.6 Å². The van der Waals surface area contributed by atoms with E-state index in [-0.39, 0.29) is 6.54 Å². The Morgan fingerprint density at radius 2 is 2.00 bits per heavy atom. The van der Waals surface area contributed by atoms with Gasteiger partial charge in [-0.3, -0.25) is 0 Å². The molecule has 0 aliphatic heterocycles. The normalized spacial score (nSPS) is 12.2. The van der Waals surface area contributed by atoms with E-state index in [1.807, 2.05) is 13.8 Å². The van der Waals surface area contributed by atoms with Crippen LogP contribution in [0.2, 0.25) is 0 Å². The van der Waals surface area contributed by atoms with Gasteiger partial charge in [0, 0.05) is 25.0 Å². The minimum absolute atomic E-state index is 0.242. The summed E-state index contributed by atoms with van der Waals surface area (Å²) in [6, 6.07) is 0. The van der Waals surface area contributed by atoms with Crippen LogP contribution in [0.3, 0.4) is 0 Å². The van der Waals surface area contributed by atoms with Crippen LogP contribution in [0, 0.1) is 0 Å². The third kappa shape index (κ3) is 4.45. The van der Waals surface area contributed by atoms with E-state index in [0.717, 1.165) is 18.5 Å². The van der Waals surface area contributed by atoms with Crippen LogP contribution in [0.1, 0.15) is 32.4 Å². The number of rotatable bonds is 8. The summed E-state index contributed by atoms with van der Waals surface area (Å²) in [4.78, 5) is 6.69. The molecule has 98 valence electrons. The lowest BCUT2D eigenvalue weighted by molar-refractivity contribution is 0.401. The molecule has 1 rings (SSSR count). The van der Waals surface area contributed by atoms with Gasteiger partial charge in [0.05, 0.1) is 12.9 Å². The van der Waals surface area contributed by atoms with Gasteiger partial charge in [-0.25, -0.2) is 4.98 Å². The highest BCUT2D eigenvalue weighted by molar-refractivity contribution is 7.87. The van der Waals surface area contributed by atoms with Crippen LogP contribution in [0.5, 0.6) is 0 Å². The van der Waals surface area contributed by atoms with E-state index in [0.29, 0.717) is 13.1 Å². The van der Waals surface area contributed by atoms with Gasteiger partial charge < -0.3 is 4.98 Å². The lowest BCUT2D eigenvalue weighted by Gasteiger charge is -2.20. The molecule has 0 fully saturated rings. The van der Waals surface area contributed by atoms with Crippen molar-refractivity contribution in [3.05, 3.63) is 18.2 Å². The van der Waals surface area contributed by atoms with Gasteiger partial charge >= 0.3 is 0 Å². The van der Waals surface area contributed by atoms with E-state index < -0.39 is 10.2 Å². The molecule has 0 bridgehead atoms. The van der Waals surface area contributed by atoms with Crippen molar-refractivity contribution in [1.82, 2.24) is 19.0 Å². The zero-order chi connectivity index (χ0) is 12.7. The predicted octanol–water partition coefficient (Wildman–Crippen LogP) is 0.866. The van der Waals surface area contributed by atoms with E-state index in [9.17, 15) is 8.42 Å². The van der Waals surface area contributed by atoms with E-state index in [4.69, 9.17) is 0 Å². The quantitative estimate of drug-likeness (QED) is 0.728. The summed E-state index contributed by atoms with van der Waals surface area (Å²) in [6.45, 7) is 5.27. The van der Waals surface area contributed by atoms with Crippen LogP contribution in [0.25, 0.3) is 0 Å². The summed E-state index contributed by atoms with van der Waals surface area (Å²) in [5, 5.41) is 0. The summed E-state index contributed by atoms with van der Waals surface area (Å²) in [5.74, 6) is 0. The van der Waals surface area contributed by atoms with Crippen molar-refractivity contribution in [2.45, 2.75) is 33.2 Å². The summed E-state index contributed by atoms with van der Waals surface area (Å²) >= 11 is 0. The van der Waals surface area contributed by atoms with Crippen molar-refractivity contribution in [1.29, 1.82) is 0 Å². The fraction of sp³-hybridized carbons (Fsp3) is 0.700. The van der Waals surface area contributed by atoms with Gasteiger partial charge in [0.1, 0.15) is 0 Å². The Labute approximate surface area is 103 Å². The number of hydrogen-bond acceptors (Lipinski definition) is 3. The van der Waals surface area contributed by atoms with Crippen LogP contribution < -0.4 is 4.72 Å². The van der Waals surface area contributed by atoms with Crippen molar-refractivity contribution in [2.75, 3.05) is 13.1 Å². The summed E-state index contributed by atoms with van der Waals surface area (Å²) in [5.41, 5.74) is 0.751. The van der Waals surface area contributed by atoms with Gasteiger partial charge in [0.25, 0.3) is 10.2 Å². The molecule has 0 aliphatic rings. The highest BCUT2D eigenvalue weighted by Gasteiger charge is 2.19. The van der Waals surface area contributed by atoms with Crippen LogP contribution in [0.4, 0.5) is 0 Å². The van der Waals surface area contributed by atoms with Gasteiger partial charge in [0.2, 0.25) is 0 Å². The molecule has 0 unspecified atom stereocenters. The largest absolute Gasteiger partial charge is 0.347 e. The Morgan fingerprint density at radius 3 is 2.47 bits per heavy atom. The van der Waals surface area contributed by atoms with Crippen molar-refractivity contribution in [3.63, 3.8) is 0 Å². The third-order valence-electron chi connectivity index (χ3n) is 2.29. The first-order valence-electron chi connectivity index (χ1n) is 5.82. The fourth-order valence-electron chi connectivity index (χ4n) is 1.49. The van der Waals surface area contributed by atoms with Crippen LogP contribution in [-0.4, -0.2) is 35.8 Å². The van der Waals surface area contributed by atoms with E-state index in [2.05, 4.69) is 14.7 Å². The first-order chi connectivity index (χ1) is 8.10. The standard InChI is InChI=1S/C10H20N4O2S/c1-3-5-14(6-4-2)17(15,16)13-8-10-7-11-9-12-10/h7,9,13H,3-6,8H2,1-2H3,(H,11,12). The molecule has 1 aromatic heterocycles. The molecule has 0 atom stereocenters. The summed E-state index contributed by atoms with van der Waals surface area (Å²) in [6.07, 6.45) is 4.75. The SMILES string of the molecule is CCCN(CCC)S(=O)(=O)NCc1cnc[nH]1.